The monoisotopic (exact) mass is 306 g/mol. The molecule has 116 valence electrons. The molecule has 0 radical (unpaired) electrons. The fraction of sp³-hybridized carbons (Fsp3) is 0.385. The van der Waals surface area contributed by atoms with Crippen molar-refractivity contribution in [2.45, 2.75) is 25.2 Å². The topological polar surface area (TPSA) is 52.9 Å². The van der Waals surface area contributed by atoms with E-state index in [1.165, 1.54) is 13.0 Å². The molecule has 8 heteroatoms. The third kappa shape index (κ3) is 4.25. The Morgan fingerprint density at radius 1 is 1.43 bits per heavy atom. The summed E-state index contributed by atoms with van der Waals surface area (Å²) in [6, 6.07) is 0.817. The van der Waals surface area contributed by atoms with Crippen molar-refractivity contribution in [1.82, 2.24) is 5.01 Å². The molecule has 0 unspecified atom stereocenters. The van der Waals surface area contributed by atoms with Crippen molar-refractivity contribution in [3.05, 3.63) is 52.7 Å². The van der Waals surface area contributed by atoms with Crippen LogP contribution in [0.25, 0.3) is 0 Å². The van der Waals surface area contributed by atoms with E-state index < -0.39 is 29.7 Å². The molecule has 0 saturated carbocycles. The number of alkyl halides is 3. The molecule has 1 rings (SSSR count). The fourth-order valence-corrected chi connectivity index (χ4v) is 1.79. The van der Waals surface area contributed by atoms with E-state index >= 15 is 0 Å². The van der Waals surface area contributed by atoms with Gasteiger partial charge in [0.15, 0.2) is 0 Å². The summed E-state index contributed by atoms with van der Waals surface area (Å²) < 4.78 is 51.1. The zero-order valence-electron chi connectivity index (χ0n) is 11.1. The van der Waals surface area contributed by atoms with E-state index in [1.807, 2.05) is 0 Å². The average Bonchev–Trinajstić information content (AvgIpc) is 2.41. The highest BCUT2D eigenvalue weighted by molar-refractivity contribution is 5.29. The minimum absolute atomic E-state index is 0.00315. The van der Waals surface area contributed by atoms with Gasteiger partial charge in [-0.3, -0.25) is 5.01 Å². The summed E-state index contributed by atoms with van der Waals surface area (Å²) in [5, 5.41) is 13.6. The van der Waals surface area contributed by atoms with Gasteiger partial charge in [-0.05, 0) is 30.7 Å². The number of rotatable bonds is 6. The van der Waals surface area contributed by atoms with Gasteiger partial charge in [0.1, 0.15) is 11.9 Å². The first-order valence-electron chi connectivity index (χ1n) is 5.97. The highest BCUT2D eigenvalue weighted by atomic mass is 19.4. The molecule has 1 aromatic rings. The maximum absolute atomic E-state index is 13.3. The minimum Gasteiger partial charge on any atom is -0.386 e. The maximum atomic E-state index is 13.3. The fourth-order valence-electron chi connectivity index (χ4n) is 1.79. The van der Waals surface area contributed by atoms with Crippen molar-refractivity contribution in [3.8, 4) is 0 Å². The lowest BCUT2D eigenvalue weighted by Crippen LogP contribution is -2.33. The van der Waals surface area contributed by atoms with Crippen LogP contribution in [0.2, 0.25) is 0 Å². The van der Waals surface area contributed by atoms with Gasteiger partial charge in [0.25, 0.3) is 0 Å². The summed E-state index contributed by atoms with van der Waals surface area (Å²) in [6.45, 7) is 4.78. The first-order valence-corrected chi connectivity index (χ1v) is 5.97. The Kier molecular flexibility index (Phi) is 5.42. The molecule has 0 heterocycles. The van der Waals surface area contributed by atoms with Crippen molar-refractivity contribution in [1.29, 1.82) is 0 Å². The van der Waals surface area contributed by atoms with Crippen molar-refractivity contribution in [2.75, 3.05) is 6.54 Å². The summed E-state index contributed by atoms with van der Waals surface area (Å²) in [6.07, 6.45) is -4.90. The van der Waals surface area contributed by atoms with Gasteiger partial charge in [-0.2, -0.15) is 13.2 Å². The van der Waals surface area contributed by atoms with E-state index in [4.69, 9.17) is 0 Å². The molecule has 0 bridgehead atoms. The van der Waals surface area contributed by atoms with Gasteiger partial charge < -0.3 is 5.11 Å². The first kappa shape index (κ1) is 17.1. The molecule has 1 aromatic carbocycles. The number of aliphatic hydroxyl groups is 1. The van der Waals surface area contributed by atoms with Crippen LogP contribution in [0.15, 0.2) is 36.1 Å². The average molecular weight is 306 g/mol. The van der Waals surface area contributed by atoms with Gasteiger partial charge in [0, 0.05) is 0 Å². The van der Waals surface area contributed by atoms with Gasteiger partial charge in [0.2, 0.25) is 0 Å². The lowest BCUT2D eigenvalue weighted by Gasteiger charge is -2.27. The lowest BCUT2D eigenvalue weighted by atomic mass is 10.0. The molecule has 4 nitrogen and oxygen atoms in total. The van der Waals surface area contributed by atoms with Gasteiger partial charge in [-0.1, -0.05) is 6.08 Å². The zero-order valence-corrected chi connectivity index (χ0v) is 11.1. The molecule has 0 saturated heterocycles. The van der Waals surface area contributed by atoms with E-state index in [0.717, 1.165) is 11.1 Å². The van der Waals surface area contributed by atoms with Crippen LogP contribution in [0.5, 0.6) is 0 Å². The standard InChI is InChI=1S/C13H14F4N2O2/c1-3-4-19(18-21)8(2)12(20)9-5-10(13(15,16)17)7-11(14)6-9/h3,5-8,12,20H,1,4H2,2H3/t8-,12-/m0/s1. The number of benzene rings is 1. The molecular weight excluding hydrogens is 292 g/mol. The van der Waals surface area contributed by atoms with Crippen molar-refractivity contribution in [3.63, 3.8) is 0 Å². The zero-order chi connectivity index (χ0) is 16.2. The van der Waals surface area contributed by atoms with E-state index in [2.05, 4.69) is 11.9 Å². The van der Waals surface area contributed by atoms with Crippen LogP contribution in [-0.2, 0) is 6.18 Å². The lowest BCUT2D eigenvalue weighted by molar-refractivity contribution is -0.137. The van der Waals surface area contributed by atoms with Crippen LogP contribution >= 0.6 is 0 Å². The summed E-state index contributed by atoms with van der Waals surface area (Å²) >= 11 is 0. The van der Waals surface area contributed by atoms with Gasteiger partial charge in [0.05, 0.1) is 23.4 Å². The largest absolute Gasteiger partial charge is 0.416 e. The van der Waals surface area contributed by atoms with Crippen LogP contribution in [-0.4, -0.2) is 22.7 Å². The maximum Gasteiger partial charge on any atom is 0.416 e. The molecular formula is C13H14F4N2O2. The number of halogens is 4. The van der Waals surface area contributed by atoms with Crippen molar-refractivity contribution >= 4 is 0 Å². The summed E-state index contributed by atoms with van der Waals surface area (Å²) in [5.74, 6) is -1.12. The summed E-state index contributed by atoms with van der Waals surface area (Å²) in [7, 11) is 0. The Hall–Kier alpha value is -1.96. The molecule has 0 spiro atoms. The van der Waals surface area contributed by atoms with E-state index in [-0.39, 0.29) is 12.1 Å². The predicted molar refractivity (Wildman–Crippen MR) is 68.5 cm³/mol. The second-order valence-corrected chi connectivity index (χ2v) is 4.45. The van der Waals surface area contributed by atoms with Crippen LogP contribution in [0.4, 0.5) is 17.6 Å². The summed E-state index contributed by atoms with van der Waals surface area (Å²) in [4.78, 5) is 10.6. The Morgan fingerprint density at radius 2 is 2.05 bits per heavy atom. The van der Waals surface area contributed by atoms with Crippen LogP contribution < -0.4 is 0 Å². The van der Waals surface area contributed by atoms with Crippen molar-refractivity contribution in [2.24, 2.45) is 5.29 Å². The normalized spacial score (nSPS) is 14.4. The first-order chi connectivity index (χ1) is 9.70. The highest BCUT2D eigenvalue weighted by Gasteiger charge is 2.33. The van der Waals surface area contributed by atoms with Gasteiger partial charge in [-0.15, -0.1) is 11.5 Å². The molecule has 0 aliphatic heterocycles. The Labute approximate surface area is 118 Å². The number of nitrogens with zero attached hydrogens (tertiary/aromatic N) is 2. The Balaban J connectivity index is 3.11. The number of hydrogen-bond acceptors (Lipinski definition) is 3. The smallest absolute Gasteiger partial charge is 0.386 e. The highest BCUT2D eigenvalue weighted by Crippen LogP contribution is 2.32. The van der Waals surface area contributed by atoms with Gasteiger partial charge in [-0.25, -0.2) is 4.39 Å². The SMILES string of the molecule is C=CCN(N=O)[C@@H](C)[C@H](O)c1cc(F)cc(C(F)(F)F)c1. The summed E-state index contributed by atoms with van der Waals surface area (Å²) in [5.41, 5.74) is -1.49. The number of nitroso groups, excluding NO2 is 1. The molecule has 0 aromatic heterocycles. The van der Waals surface area contributed by atoms with Crippen LogP contribution in [0.3, 0.4) is 0 Å². The molecule has 0 aliphatic rings. The number of hydrogen-bond donors (Lipinski definition) is 1. The third-order valence-corrected chi connectivity index (χ3v) is 2.94. The van der Waals surface area contributed by atoms with Crippen molar-refractivity contribution < 1.29 is 22.7 Å². The third-order valence-electron chi connectivity index (χ3n) is 2.94. The second kappa shape index (κ2) is 6.66. The predicted octanol–water partition coefficient (Wildman–Crippen LogP) is 3.44. The van der Waals surface area contributed by atoms with Gasteiger partial charge >= 0.3 is 6.18 Å². The Bertz CT molecular complexity index is 519. The molecule has 0 amide bonds. The second-order valence-electron chi connectivity index (χ2n) is 4.45. The van der Waals surface area contributed by atoms with Crippen LogP contribution in [0.1, 0.15) is 24.2 Å². The molecule has 1 N–H and O–H groups in total. The Morgan fingerprint density at radius 3 is 2.52 bits per heavy atom. The van der Waals surface area contributed by atoms with Crippen LogP contribution in [0, 0.1) is 10.7 Å². The molecule has 0 aliphatic carbocycles. The number of aliphatic hydroxyl groups excluding tert-OH is 1. The molecule has 21 heavy (non-hydrogen) atoms. The molecule has 2 atom stereocenters. The van der Waals surface area contributed by atoms with E-state index in [1.54, 1.807) is 0 Å². The molecule has 0 fully saturated rings. The van der Waals surface area contributed by atoms with E-state index in [0.29, 0.717) is 12.1 Å². The quantitative estimate of drug-likeness (QED) is 0.379. The minimum atomic E-state index is -4.73. The van der Waals surface area contributed by atoms with E-state index in [9.17, 15) is 27.6 Å².